The first-order chi connectivity index (χ1) is 9.24. The van der Waals surface area contributed by atoms with Crippen LogP contribution in [0, 0.1) is 11.3 Å². The monoisotopic (exact) mass is 268 g/mol. The van der Waals surface area contributed by atoms with Gasteiger partial charge in [0.25, 0.3) is 0 Å². The minimum atomic E-state index is 0.0667. The van der Waals surface area contributed by atoms with E-state index >= 15 is 0 Å². The molecule has 0 aromatic rings. The summed E-state index contributed by atoms with van der Waals surface area (Å²) in [7, 11) is 0. The minimum absolute atomic E-state index is 0.0667. The van der Waals surface area contributed by atoms with Crippen LogP contribution in [-0.4, -0.2) is 32.2 Å². The summed E-state index contributed by atoms with van der Waals surface area (Å²) in [5.41, 5.74) is 5.97. The molecule has 2 aliphatic carbocycles. The number of rotatable bonds is 8. The second-order valence-corrected chi connectivity index (χ2v) is 6.31. The van der Waals surface area contributed by atoms with E-state index in [0.29, 0.717) is 26.1 Å². The van der Waals surface area contributed by atoms with Crippen molar-refractivity contribution in [2.24, 2.45) is 17.1 Å². The van der Waals surface area contributed by atoms with E-state index in [0.717, 1.165) is 25.4 Å². The van der Waals surface area contributed by atoms with E-state index < -0.39 is 0 Å². The maximum atomic E-state index is 12.0. The van der Waals surface area contributed by atoms with Crippen LogP contribution >= 0.6 is 0 Å². The average molecular weight is 268 g/mol. The normalized spacial score (nSPS) is 22.2. The highest BCUT2D eigenvalue weighted by molar-refractivity contribution is 5.76. The standard InChI is InChI=1S/C15H28N2O2/c16-12-15(6-2-1-3-7-15)10-14(18)17-8-9-19-11-13-4-5-13/h13H,1-12,16H2,(H,17,18). The van der Waals surface area contributed by atoms with Crippen molar-refractivity contribution in [2.75, 3.05) is 26.3 Å². The maximum Gasteiger partial charge on any atom is 0.220 e. The molecule has 4 heteroatoms. The summed E-state index contributed by atoms with van der Waals surface area (Å²) in [6, 6.07) is 0. The van der Waals surface area contributed by atoms with E-state index in [4.69, 9.17) is 10.5 Å². The predicted octanol–water partition coefficient (Wildman–Crippen LogP) is 1.83. The molecule has 2 fully saturated rings. The van der Waals surface area contributed by atoms with Gasteiger partial charge in [0, 0.05) is 19.6 Å². The van der Waals surface area contributed by atoms with Crippen LogP contribution in [0.1, 0.15) is 51.4 Å². The van der Waals surface area contributed by atoms with Crippen molar-refractivity contribution in [3.8, 4) is 0 Å². The van der Waals surface area contributed by atoms with Crippen molar-refractivity contribution in [1.29, 1.82) is 0 Å². The van der Waals surface area contributed by atoms with E-state index in [1.807, 2.05) is 0 Å². The molecule has 0 radical (unpaired) electrons. The van der Waals surface area contributed by atoms with Gasteiger partial charge in [0.2, 0.25) is 5.91 Å². The van der Waals surface area contributed by atoms with Gasteiger partial charge in [-0.05, 0) is 43.6 Å². The molecule has 0 aromatic heterocycles. The van der Waals surface area contributed by atoms with Crippen molar-refractivity contribution < 1.29 is 9.53 Å². The first-order valence-corrected chi connectivity index (χ1v) is 7.79. The third-order valence-corrected chi connectivity index (χ3v) is 4.50. The number of ether oxygens (including phenoxy) is 1. The number of carbonyl (C=O) groups is 1. The molecule has 2 saturated carbocycles. The van der Waals surface area contributed by atoms with Crippen molar-refractivity contribution >= 4 is 5.91 Å². The lowest BCUT2D eigenvalue weighted by Gasteiger charge is -2.35. The molecule has 3 N–H and O–H groups in total. The molecule has 110 valence electrons. The lowest BCUT2D eigenvalue weighted by atomic mass is 9.72. The van der Waals surface area contributed by atoms with Crippen LogP contribution in [0.15, 0.2) is 0 Å². The van der Waals surface area contributed by atoms with Crippen LogP contribution in [0.4, 0.5) is 0 Å². The van der Waals surface area contributed by atoms with Crippen molar-refractivity contribution in [3.05, 3.63) is 0 Å². The van der Waals surface area contributed by atoms with Crippen molar-refractivity contribution in [1.82, 2.24) is 5.32 Å². The van der Waals surface area contributed by atoms with Crippen LogP contribution in [0.25, 0.3) is 0 Å². The molecule has 2 aliphatic rings. The number of hydrogen-bond acceptors (Lipinski definition) is 3. The molecule has 0 aromatic carbocycles. The highest BCUT2D eigenvalue weighted by atomic mass is 16.5. The number of nitrogens with two attached hydrogens (primary N) is 1. The molecule has 0 unspecified atom stereocenters. The predicted molar refractivity (Wildman–Crippen MR) is 75.7 cm³/mol. The van der Waals surface area contributed by atoms with E-state index in [1.165, 1.54) is 32.1 Å². The Kier molecular flexibility index (Phi) is 5.64. The number of nitrogens with one attached hydrogen (secondary N) is 1. The molecule has 0 aliphatic heterocycles. The first-order valence-electron chi connectivity index (χ1n) is 7.79. The average Bonchev–Trinajstić information content (AvgIpc) is 3.23. The van der Waals surface area contributed by atoms with Crippen molar-refractivity contribution in [2.45, 2.75) is 51.4 Å². The third-order valence-electron chi connectivity index (χ3n) is 4.50. The van der Waals surface area contributed by atoms with E-state index in [1.54, 1.807) is 0 Å². The number of amides is 1. The molecule has 0 atom stereocenters. The Labute approximate surface area is 116 Å². The first kappa shape index (κ1) is 14.8. The summed E-state index contributed by atoms with van der Waals surface area (Å²) in [5, 5.41) is 2.96. The summed E-state index contributed by atoms with van der Waals surface area (Å²) in [6.07, 6.45) is 9.15. The Morgan fingerprint density at radius 1 is 1.26 bits per heavy atom. The summed E-state index contributed by atoms with van der Waals surface area (Å²) in [4.78, 5) is 12.0. The van der Waals surface area contributed by atoms with Gasteiger partial charge in [-0.25, -0.2) is 0 Å². The van der Waals surface area contributed by atoms with E-state index in [-0.39, 0.29) is 11.3 Å². The second kappa shape index (κ2) is 7.25. The van der Waals surface area contributed by atoms with E-state index in [9.17, 15) is 4.79 Å². The molecule has 1 amide bonds. The SMILES string of the molecule is NCC1(CC(=O)NCCOCC2CC2)CCCCC1. The number of hydrogen-bond donors (Lipinski definition) is 2. The van der Waals surface area contributed by atoms with Gasteiger partial charge in [-0.3, -0.25) is 4.79 Å². The largest absolute Gasteiger partial charge is 0.379 e. The van der Waals surface area contributed by atoms with Gasteiger partial charge in [0.05, 0.1) is 6.61 Å². The molecule has 0 saturated heterocycles. The summed E-state index contributed by atoms with van der Waals surface area (Å²) in [5.74, 6) is 0.931. The highest BCUT2D eigenvalue weighted by Gasteiger charge is 2.32. The lowest BCUT2D eigenvalue weighted by molar-refractivity contribution is -0.124. The third kappa shape index (κ3) is 5.11. The van der Waals surface area contributed by atoms with Crippen LogP contribution in [0.5, 0.6) is 0 Å². The quantitative estimate of drug-likeness (QED) is 0.660. The molecule has 0 bridgehead atoms. The van der Waals surface area contributed by atoms with Gasteiger partial charge in [0.15, 0.2) is 0 Å². The van der Waals surface area contributed by atoms with Crippen molar-refractivity contribution in [3.63, 3.8) is 0 Å². The van der Waals surface area contributed by atoms with Crippen LogP contribution in [0.2, 0.25) is 0 Å². The Hall–Kier alpha value is -0.610. The van der Waals surface area contributed by atoms with Crippen LogP contribution in [-0.2, 0) is 9.53 Å². The van der Waals surface area contributed by atoms with Gasteiger partial charge in [-0.1, -0.05) is 19.3 Å². The van der Waals surface area contributed by atoms with E-state index in [2.05, 4.69) is 5.32 Å². The molecule has 2 rings (SSSR count). The number of carbonyl (C=O) groups excluding carboxylic acids is 1. The second-order valence-electron chi connectivity index (χ2n) is 6.31. The fraction of sp³-hybridized carbons (Fsp3) is 0.933. The summed E-state index contributed by atoms with van der Waals surface area (Å²) >= 11 is 0. The molecule has 4 nitrogen and oxygen atoms in total. The lowest BCUT2D eigenvalue weighted by Crippen LogP contribution is -2.39. The van der Waals surface area contributed by atoms with Crippen LogP contribution in [0.3, 0.4) is 0 Å². The molecule has 19 heavy (non-hydrogen) atoms. The fourth-order valence-electron chi connectivity index (χ4n) is 2.96. The highest BCUT2D eigenvalue weighted by Crippen LogP contribution is 2.38. The van der Waals surface area contributed by atoms with Gasteiger partial charge in [-0.15, -0.1) is 0 Å². The summed E-state index contributed by atoms with van der Waals surface area (Å²) in [6.45, 7) is 2.77. The molecular weight excluding hydrogens is 240 g/mol. The van der Waals surface area contributed by atoms with Crippen LogP contribution < -0.4 is 11.1 Å². The Balaban J connectivity index is 1.58. The molecule has 0 heterocycles. The van der Waals surface area contributed by atoms with Gasteiger partial charge in [0.1, 0.15) is 0 Å². The van der Waals surface area contributed by atoms with Gasteiger partial charge in [-0.2, -0.15) is 0 Å². The topological polar surface area (TPSA) is 64.4 Å². The fourth-order valence-corrected chi connectivity index (χ4v) is 2.96. The molecule has 0 spiro atoms. The minimum Gasteiger partial charge on any atom is -0.379 e. The maximum absolute atomic E-state index is 12.0. The van der Waals surface area contributed by atoms with Gasteiger partial charge < -0.3 is 15.8 Å². The smallest absolute Gasteiger partial charge is 0.220 e. The summed E-state index contributed by atoms with van der Waals surface area (Å²) < 4.78 is 5.51. The van der Waals surface area contributed by atoms with Gasteiger partial charge >= 0.3 is 0 Å². The Morgan fingerprint density at radius 2 is 2.00 bits per heavy atom. The zero-order valence-electron chi connectivity index (χ0n) is 12.0. The Morgan fingerprint density at radius 3 is 2.63 bits per heavy atom. The Bertz CT molecular complexity index is 284. The zero-order valence-corrected chi connectivity index (χ0v) is 12.0. The zero-order chi connectivity index (χ0) is 13.6. The molecular formula is C15H28N2O2.